The van der Waals surface area contributed by atoms with Crippen LogP contribution in [0, 0.1) is 0 Å². The summed E-state index contributed by atoms with van der Waals surface area (Å²) >= 11 is 12.0. The average Bonchev–Trinajstić information content (AvgIpc) is 2.25. The van der Waals surface area contributed by atoms with Crippen molar-refractivity contribution >= 4 is 23.2 Å². The van der Waals surface area contributed by atoms with Crippen molar-refractivity contribution in [2.45, 2.75) is 37.3 Å². The summed E-state index contributed by atoms with van der Waals surface area (Å²) in [5.41, 5.74) is 0. The number of rotatable bonds is 5. The highest BCUT2D eigenvalue weighted by atomic mass is 35.5. The van der Waals surface area contributed by atoms with E-state index in [1.54, 1.807) is 0 Å². The second-order valence-corrected chi connectivity index (χ2v) is 5.10. The van der Waals surface area contributed by atoms with Gasteiger partial charge in [0.2, 0.25) is 0 Å². The standard InChI is InChI=1S/C12H19Cl2NO/c1-3-5-15(6-4-2)9-7-10(13)12(16)11(14)8-9/h3,7,9,11-12,16H,1,4-6,8H2,2H3. The normalized spacial score (nSPS) is 30.3. The summed E-state index contributed by atoms with van der Waals surface area (Å²) in [6, 6.07) is 0.205. The monoisotopic (exact) mass is 263 g/mol. The van der Waals surface area contributed by atoms with E-state index in [1.807, 2.05) is 12.2 Å². The Balaban J connectivity index is 2.73. The molecule has 3 atom stereocenters. The lowest BCUT2D eigenvalue weighted by Gasteiger charge is -2.34. The van der Waals surface area contributed by atoms with Gasteiger partial charge >= 0.3 is 0 Å². The fourth-order valence-electron chi connectivity index (χ4n) is 1.98. The van der Waals surface area contributed by atoms with Crippen molar-refractivity contribution in [1.82, 2.24) is 4.90 Å². The first-order chi connectivity index (χ1) is 7.60. The maximum Gasteiger partial charge on any atom is 0.106 e. The molecule has 0 radical (unpaired) electrons. The molecule has 1 aliphatic carbocycles. The van der Waals surface area contributed by atoms with E-state index in [1.165, 1.54) is 0 Å². The lowest BCUT2D eigenvalue weighted by molar-refractivity contribution is 0.166. The van der Waals surface area contributed by atoms with Crippen molar-refractivity contribution in [3.05, 3.63) is 23.8 Å². The predicted molar refractivity (Wildman–Crippen MR) is 70.0 cm³/mol. The van der Waals surface area contributed by atoms with E-state index in [0.29, 0.717) is 5.03 Å². The maximum atomic E-state index is 9.63. The zero-order valence-corrected chi connectivity index (χ0v) is 11.1. The molecular formula is C12H19Cl2NO. The highest BCUT2D eigenvalue weighted by Crippen LogP contribution is 2.28. The molecule has 1 N–H and O–H groups in total. The summed E-state index contributed by atoms with van der Waals surface area (Å²) < 4.78 is 0. The summed E-state index contributed by atoms with van der Waals surface area (Å²) in [5, 5.41) is 9.79. The van der Waals surface area contributed by atoms with Gasteiger partial charge in [-0.25, -0.2) is 0 Å². The first-order valence-electron chi connectivity index (χ1n) is 5.64. The minimum absolute atomic E-state index is 0.205. The van der Waals surface area contributed by atoms with E-state index in [-0.39, 0.29) is 11.4 Å². The van der Waals surface area contributed by atoms with Gasteiger partial charge < -0.3 is 5.11 Å². The van der Waals surface area contributed by atoms with Gasteiger partial charge in [-0.05, 0) is 19.4 Å². The Bertz CT molecular complexity index is 268. The fraction of sp³-hybridized carbons (Fsp3) is 0.667. The summed E-state index contributed by atoms with van der Waals surface area (Å²) in [6.07, 6.45) is 4.88. The van der Waals surface area contributed by atoms with Crippen LogP contribution in [-0.4, -0.2) is 40.6 Å². The molecule has 16 heavy (non-hydrogen) atoms. The summed E-state index contributed by atoms with van der Waals surface area (Å²) in [6.45, 7) is 7.69. The van der Waals surface area contributed by atoms with Crippen LogP contribution in [0.15, 0.2) is 23.8 Å². The van der Waals surface area contributed by atoms with Gasteiger partial charge in [0.15, 0.2) is 0 Å². The first-order valence-corrected chi connectivity index (χ1v) is 6.45. The Morgan fingerprint density at radius 1 is 1.69 bits per heavy atom. The molecule has 0 aromatic rings. The molecule has 0 aromatic heterocycles. The number of alkyl halides is 1. The Kier molecular flexibility index (Phi) is 5.84. The smallest absolute Gasteiger partial charge is 0.106 e. The van der Waals surface area contributed by atoms with Crippen molar-refractivity contribution < 1.29 is 5.11 Å². The van der Waals surface area contributed by atoms with E-state index in [9.17, 15) is 5.11 Å². The van der Waals surface area contributed by atoms with Crippen molar-refractivity contribution in [3.8, 4) is 0 Å². The Morgan fingerprint density at radius 2 is 2.38 bits per heavy atom. The number of hydrogen-bond acceptors (Lipinski definition) is 2. The molecule has 0 bridgehead atoms. The zero-order chi connectivity index (χ0) is 12.1. The van der Waals surface area contributed by atoms with Gasteiger partial charge in [0, 0.05) is 17.6 Å². The molecule has 1 rings (SSSR count). The van der Waals surface area contributed by atoms with Crippen LogP contribution < -0.4 is 0 Å². The highest BCUT2D eigenvalue weighted by Gasteiger charge is 2.30. The SMILES string of the molecule is C=CCN(CCC)C1C=C(Cl)C(O)C(Cl)C1. The molecule has 0 heterocycles. The number of halogens is 2. The van der Waals surface area contributed by atoms with Crippen molar-refractivity contribution in [2.75, 3.05) is 13.1 Å². The van der Waals surface area contributed by atoms with Crippen LogP contribution >= 0.6 is 23.2 Å². The summed E-state index contributed by atoms with van der Waals surface area (Å²) in [5.74, 6) is 0. The molecule has 2 nitrogen and oxygen atoms in total. The molecule has 0 aliphatic heterocycles. The van der Waals surface area contributed by atoms with Gasteiger partial charge in [-0.3, -0.25) is 4.90 Å². The van der Waals surface area contributed by atoms with Crippen LogP contribution in [0.4, 0.5) is 0 Å². The van der Waals surface area contributed by atoms with Crippen molar-refractivity contribution in [2.24, 2.45) is 0 Å². The molecule has 3 unspecified atom stereocenters. The summed E-state index contributed by atoms with van der Waals surface area (Å²) in [7, 11) is 0. The summed E-state index contributed by atoms with van der Waals surface area (Å²) in [4.78, 5) is 2.27. The van der Waals surface area contributed by atoms with Crippen LogP contribution in [0.2, 0.25) is 0 Å². The van der Waals surface area contributed by atoms with Crippen LogP contribution in [0.1, 0.15) is 19.8 Å². The second kappa shape index (κ2) is 6.65. The second-order valence-electron chi connectivity index (χ2n) is 4.10. The molecule has 92 valence electrons. The molecule has 0 aromatic carbocycles. The molecule has 1 aliphatic rings. The topological polar surface area (TPSA) is 23.5 Å². The average molecular weight is 264 g/mol. The highest BCUT2D eigenvalue weighted by molar-refractivity contribution is 6.31. The van der Waals surface area contributed by atoms with Crippen LogP contribution in [0.25, 0.3) is 0 Å². The molecule has 0 saturated heterocycles. The van der Waals surface area contributed by atoms with Gasteiger partial charge in [-0.2, -0.15) is 0 Å². The molecule has 0 fully saturated rings. The van der Waals surface area contributed by atoms with Crippen LogP contribution in [0.3, 0.4) is 0 Å². The Morgan fingerprint density at radius 3 is 2.88 bits per heavy atom. The lowest BCUT2D eigenvalue weighted by atomic mass is 9.98. The molecule has 4 heteroatoms. The van der Waals surface area contributed by atoms with Crippen molar-refractivity contribution in [3.63, 3.8) is 0 Å². The third-order valence-electron chi connectivity index (χ3n) is 2.79. The predicted octanol–water partition coefficient (Wildman–Crippen LogP) is 2.75. The third-order valence-corrected chi connectivity index (χ3v) is 3.55. The third kappa shape index (κ3) is 3.49. The number of nitrogens with zero attached hydrogens (tertiary/aromatic N) is 1. The molecule has 0 saturated carbocycles. The largest absolute Gasteiger partial charge is 0.386 e. The minimum Gasteiger partial charge on any atom is -0.386 e. The lowest BCUT2D eigenvalue weighted by Crippen LogP contribution is -2.42. The van der Waals surface area contributed by atoms with E-state index in [0.717, 1.165) is 25.9 Å². The van der Waals surface area contributed by atoms with E-state index >= 15 is 0 Å². The van der Waals surface area contributed by atoms with Gasteiger partial charge in [-0.15, -0.1) is 18.2 Å². The number of hydrogen-bond donors (Lipinski definition) is 1. The van der Waals surface area contributed by atoms with E-state index in [4.69, 9.17) is 23.2 Å². The molecular weight excluding hydrogens is 245 g/mol. The fourth-order valence-corrected chi connectivity index (χ4v) is 2.66. The molecule has 0 spiro atoms. The maximum absolute atomic E-state index is 9.63. The minimum atomic E-state index is -0.716. The van der Waals surface area contributed by atoms with Gasteiger partial charge in [0.1, 0.15) is 6.10 Å². The van der Waals surface area contributed by atoms with Crippen molar-refractivity contribution in [1.29, 1.82) is 0 Å². The van der Waals surface area contributed by atoms with E-state index in [2.05, 4.69) is 18.4 Å². The quantitative estimate of drug-likeness (QED) is 0.609. The van der Waals surface area contributed by atoms with Gasteiger partial charge in [0.05, 0.1) is 5.38 Å². The van der Waals surface area contributed by atoms with Crippen LogP contribution in [-0.2, 0) is 0 Å². The van der Waals surface area contributed by atoms with Gasteiger partial charge in [-0.1, -0.05) is 30.7 Å². The zero-order valence-electron chi connectivity index (χ0n) is 9.57. The van der Waals surface area contributed by atoms with Gasteiger partial charge in [0.25, 0.3) is 0 Å². The van der Waals surface area contributed by atoms with E-state index < -0.39 is 6.10 Å². The van der Waals surface area contributed by atoms with Crippen LogP contribution in [0.5, 0.6) is 0 Å². The Hall–Kier alpha value is -0.0200. The Labute approximate surface area is 108 Å². The number of aliphatic hydroxyl groups excluding tert-OH is 1. The molecule has 0 amide bonds. The number of aliphatic hydroxyl groups is 1. The first kappa shape index (κ1) is 14.0.